The molecule has 0 unspecified atom stereocenters. The van der Waals surface area contributed by atoms with E-state index in [0.717, 1.165) is 17.1 Å². The first kappa shape index (κ1) is 7.48. The van der Waals surface area contributed by atoms with E-state index in [0.29, 0.717) is 5.15 Å². The van der Waals surface area contributed by atoms with E-state index in [9.17, 15) is 0 Å². The van der Waals surface area contributed by atoms with E-state index in [-0.39, 0.29) is 0 Å². The molecule has 2 nitrogen and oxygen atoms in total. The third-order valence-corrected chi connectivity index (χ3v) is 1.81. The van der Waals surface area contributed by atoms with E-state index >= 15 is 0 Å². The number of aryl methyl sites for hydroxylation is 2. The molecule has 0 spiro atoms. The maximum Gasteiger partial charge on any atom is 0.135 e. The van der Waals surface area contributed by atoms with Crippen LogP contribution >= 0.6 is 11.6 Å². The summed E-state index contributed by atoms with van der Waals surface area (Å²) in [4.78, 5) is 8.13. The lowest BCUT2D eigenvalue weighted by molar-refractivity contribution is 0.986. The van der Waals surface area contributed by atoms with Crippen molar-refractivity contribution >= 4 is 11.6 Å². The van der Waals surface area contributed by atoms with Crippen LogP contribution in [-0.4, -0.2) is 9.97 Å². The first-order chi connectivity index (χ1) is 4.61. The smallest absolute Gasteiger partial charge is 0.135 e. The molecule has 1 aromatic heterocycles. The number of hydrogen-bond acceptors (Lipinski definition) is 2. The molecule has 54 valence electrons. The first-order valence-corrected chi connectivity index (χ1v) is 3.46. The second kappa shape index (κ2) is 2.54. The second-order valence-corrected chi connectivity index (χ2v) is 2.63. The van der Waals surface area contributed by atoms with Crippen molar-refractivity contribution in [1.82, 2.24) is 9.97 Å². The molecule has 0 aliphatic heterocycles. The van der Waals surface area contributed by atoms with Crippen molar-refractivity contribution in [3.05, 3.63) is 22.2 Å². The van der Waals surface area contributed by atoms with Crippen LogP contribution in [0, 0.1) is 20.8 Å². The zero-order valence-corrected chi connectivity index (χ0v) is 7.03. The standard InChI is InChI=1S/C7H9ClN2/c1-4-5(2)9-6(3)10-7(4)8/h1-3H3. The summed E-state index contributed by atoms with van der Waals surface area (Å²) in [6, 6.07) is 0. The number of nitrogens with zero attached hydrogens (tertiary/aromatic N) is 2. The fourth-order valence-electron chi connectivity index (χ4n) is 0.727. The Morgan fingerprint density at radius 2 is 1.70 bits per heavy atom. The molecule has 0 amide bonds. The molecule has 1 rings (SSSR count). The van der Waals surface area contributed by atoms with Crippen molar-refractivity contribution in [3.8, 4) is 0 Å². The van der Waals surface area contributed by atoms with Gasteiger partial charge in [0.25, 0.3) is 0 Å². The van der Waals surface area contributed by atoms with Crippen molar-refractivity contribution in [1.29, 1.82) is 0 Å². The third-order valence-electron chi connectivity index (χ3n) is 1.44. The van der Waals surface area contributed by atoms with Crippen molar-refractivity contribution in [3.63, 3.8) is 0 Å². The van der Waals surface area contributed by atoms with Crippen LogP contribution in [0.4, 0.5) is 0 Å². The van der Waals surface area contributed by atoms with Gasteiger partial charge in [0.05, 0.1) is 0 Å². The highest BCUT2D eigenvalue weighted by molar-refractivity contribution is 6.30. The minimum absolute atomic E-state index is 0.560. The summed E-state index contributed by atoms with van der Waals surface area (Å²) in [5.41, 5.74) is 1.92. The van der Waals surface area contributed by atoms with Gasteiger partial charge < -0.3 is 0 Å². The Hall–Kier alpha value is -0.630. The Labute approximate surface area is 65.3 Å². The first-order valence-electron chi connectivity index (χ1n) is 3.08. The van der Waals surface area contributed by atoms with Crippen LogP contribution < -0.4 is 0 Å². The molecule has 0 atom stereocenters. The second-order valence-electron chi connectivity index (χ2n) is 2.27. The Bertz CT molecular complexity index is 235. The summed E-state index contributed by atoms with van der Waals surface area (Å²) in [5, 5.41) is 0.560. The maximum atomic E-state index is 5.77. The molecule has 3 heteroatoms. The predicted molar refractivity (Wildman–Crippen MR) is 41.3 cm³/mol. The Balaban J connectivity index is 3.31. The molecular weight excluding hydrogens is 148 g/mol. The average molecular weight is 157 g/mol. The van der Waals surface area contributed by atoms with Crippen LogP contribution in [0.25, 0.3) is 0 Å². The molecule has 0 radical (unpaired) electrons. The highest BCUT2D eigenvalue weighted by atomic mass is 35.5. The Morgan fingerprint density at radius 3 is 2.20 bits per heavy atom. The number of hydrogen-bond donors (Lipinski definition) is 0. The van der Waals surface area contributed by atoms with Crippen molar-refractivity contribution in [2.24, 2.45) is 0 Å². The fourth-order valence-corrected chi connectivity index (χ4v) is 0.986. The van der Waals surface area contributed by atoms with Gasteiger partial charge in [-0.2, -0.15) is 0 Å². The average Bonchev–Trinajstić information content (AvgIpc) is 1.82. The van der Waals surface area contributed by atoms with E-state index in [4.69, 9.17) is 11.6 Å². The van der Waals surface area contributed by atoms with Gasteiger partial charge in [0.2, 0.25) is 0 Å². The minimum Gasteiger partial charge on any atom is -0.238 e. The number of halogens is 1. The zero-order chi connectivity index (χ0) is 7.72. The van der Waals surface area contributed by atoms with Gasteiger partial charge in [-0.15, -0.1) is 0 Å². The molecule has 0 saturated heterocycles. The third kappa shape index (κ3) is 1.27. The lowest BCUT2D eigenvalue weighted by atomic mass is 10.3. The van der Waals surface area contributed by atoms with E-state index in [1.807, 2.05) is 20.8 Å². The van der Waals surface area contributed by atoms with E-state index in [2.05, 4.69) is 9.97 Å². The highest BCUT2D eigenvalue weighted by Crippen LogP contribution is 2.13. The molecule has 0 N–H and O–H groups in total. The van der Waals surface area contributed by atoms with Gasteiger partial charge in [-0.1, -0.05) is 11.6 Å². The van der Waals surface area contributed by atoms with Crippen molar-refractivity contribution in [2.45, 2.75) is 20.8 Å². The summed E-state index contributed by atoms with van der Waals surface area (Å²) in [6.45, 7) is 5.67. The summed E-state index contributed by atoms with van der Waals surface area (Å²) in [5.74, 6) is 0.730. The van der Waals surface area contributed by atoms with Gasteiger partial charge in [0.1, 0.15) is 11.0 Å². The normalized spacial score (nSPS) is 10.0. The number of aromatic nitrogens is 2. The predicted octanol–water partition coefficient (Wildman–Crippen LogP) is 2.06. The van der Waals surface area contributed by atoms with Gasteiger partial charge >= 0.3 is 0 Å². The van der Waals surface area contributed by atoms with Crippen LogP contribution in [-0.2, 0) is 0 Å². The molecule has 0 bridgehead atoms. The molecule has 0 aliphatic rings. The van der Waals surface area contributed by atoms with Crippen LogP contribution in [0.2, 0.25) is 5.15 Å². The van der Waals surface area contributed by atoms with Gasteiger partial charge in [-0.25, -0.2) is 9.97 Å². The van der Waals surface area contributed by atoms with Gasteiger partial charge in [-0.05, 0) is 20.8 Å². The topological polar surface area (TPSA) is 25.8 Å². The monoisotopic (exact) mass is 156 g/mol. The summed E-state index contributed by atoms with van der Waals surface area (Å²) >= 11 is 5.77. The Morgan fingerprint density at radius 1 is 1.10 bits per heavy atom. The van der Waals surface area contributed by atoms with Gasteiger partial charge in [-0.3, -0.25) is 0 Å². The van der Waals surface area contributed by atoms with Crippen LogP contribution in [0.15, 0.2) is 0 Å². The lowest BCUT2D eigenvalue weighted by Crippen LogP contribution is -1.94. The lowest BCUT2D eigenvalue weighted by Gasteiger charge is -2.00. The Kier molecular flexibility index (Phi) is 1.90. The molecule has 0 saturated carbocycles. The van der Waals surface area contributed by atoms with Crippen molar-refractivity contribution in [2.75, 3.05) is 0 Å². The largest absolute Gasteiger partial charge is 0.238 e. The van der Waals surface area contributed by atoms with Crippen LogP contribution in [0.1, 0.15) is 17.1 Å². The summed E-state index contributed by atoms with van der Waals surface area (Å²) < 4.78 is 0. The quantitative estimate of drug-likeness (QED) is 0.538. The molecule has 10 heavy (non-hydrogen) atoms. The van der Waals surface area contributed by atoms with Gasteiger partial charge in [0, 0.05) is 11.3 Å². The molecule has 0 aromatic carbocycles. The minimum atomic E-state index is 0.560. The molecule has 0 fully saturated rings. The van der Waals surface area contributed by atoms with E-state index in [1.54, 1.807) is 0 Å². The summed E-state index contributed by atoms with van der Waals surface area (Å²) in [6.07, 6.45) is 0. The molecular formula is C7H9ClN2. The summed E-state index contributed by atoms with van der Waals surface area (Å²) in [7, 11) is 0. The highest BCUT2D eigenvalue weighted by Gasteiger charge is 2.01. The van der Waals surface area contributed by atoms with Crippen LogP contribution in [0.5, 0.6) is 0 Å². The maximum absolute atomic E-state index is 5.77. The fraction of sp³-hybridized carbons (Fsp3) is 0.429. The SMILES string of the molecule is Cc1nc(C)c(C)c(Cl)n1. The van der Waals surface area contributed by atoms with E-state index in [1.165, 1.54) is 0 Å². The zero-order valence-electron chi connectivity index (χ0n) is 6.27. The van der Waals surface area contributed by atoms with Crippen molar-refractivity contribution < 1.29 is 0 Å². The molecule has 1 heterocycles. The molecule has 1 aromatic rings. The molecule has 0 aliphatic carbocycles. The van der Waals surface area contributed by atoms with Crippen LogP contribution in [0.3, 0.4) is 0 Å². The number of rotatable bonds is 0. The van der Waals surface area contributed by atoms with E-state index < -0.39 is 0 Å². The van der Waals surface area contributed by atoms with Gasteiger partial charge in [0.15, 0.2) is 0 Å².